The van der Waals surface area contributed by atoms with Crippen LogP contribution in [-0.4, -0.2) is 28.6 Å². The van der Waals surface area contributed by atoms with Gasteiger partial charge in [-0.25, -0.2) is 0 Å². The number of nitrogens with zero attached hydrogens (tertiary/aromatic N) is 2. The van der Waals surface area contributed by atoms with Crippen molar-refractivity contribution in [3.8, 4) is 0 Å². The summed E-state index contributed by atoms with van der Waals surface area (Å²) in [6.45, 7) is 2.32. The Bertz CT molecular complexity index is 583. The minimum atomic E-state index is -0.269. The number of rotatable bonds is 4. The molecule has 0 atom stereocenters. The largest absolute Gasteiger partial charge is 0.465 e. The first-order chi connectivity index (χ1) is 8.67. The molecule has 0 saturated heterocycles. The van der Waals surface area contributed by atoms with Crippen LogP contribution in [0.4, 0.5) is 0 Å². The predicted octanol–water partition coefficient (Wildman–Crippen LogP) is 3.08. The van der Waals surface area contributed by atoms with Crippen molar-refractivity contribution in [2.24, 2.45) is 0 Å². The van der Waals surface area contributed by atoms with Crippen LogP contribution < -0.4 is 0 Å². The Morgan fingerprint density at radius 3 is 3.00 bits per heavy atom. The molecule has 1 heterocycles. The first kappa shape index (κ1) is 13.4. The molecule has 96 valence electrons. The van der Waals surface area contributed by atoms with Crippen LogP contribution in [0.15, 0.2) is 27.7 Å². The molecule has 1 aromatic carbocycles. The van der Waals surface area contributed by atoms with Crippen LogP contribution in [0, 0.1) is 0 Å². The zero-order valence-electron chi connectivity index (χ0n) is 10.1. The molecule has 0 saturated carbocycles. The summed E-state index contributed by atoms with van der Waals surface area (Å²) < 4.78 is 7.61. The molecule has 0 bridgehead atoms. The lowest BCUT2D eigenvalue weighted by molar-refractivity contribution is -0.143. The van der Waals surface area contributed by atoms with E-state index in [9.17, 15) is 4.79 Å². The van der Waals surface area contributed by atoms with E-state index in [1.165, 1.54) is 0 Å². The Labute approximate surface area is 118 Å². The molecule has 1 aromatic heterocycles. The van der Waals surface area contributed by atoms with E-state index in [-0.39, 0.29) is 12.5 Å². The number of fused-ring (bicyclic) bond motifs is 1. The van der Waals surface area contributed by atoms with Gasteiger partial charge < -0.3 is 4.74 Å². The molecule has 0 fully saturated rings. The van der Waals surface area contributed by atoms with E-state index < -0.39 is 0 Å². The Morgan fingerprint density at radius 2 is 2.33 bits per heavy atom. The Kier molecular flexibility index (Phi) is 4.29. The second-order valence-corrected chi connectivity index (χ2v) is 5.32. The van der Waals surface area contributed by atoms with Crippen LogP contribution in [0.2, 0.25) is 0 Å². The molecular weight excluding hydrogens is 316 g/mol. The molecule has 0 amide bonds. The van der Waals surface area contributed by atoms with E-state index in [4.69, 9.17) is 4.74 Å². The number of carbonyl (C=O) groups is 1. The fraction of sp³-hybridized carbons (Fsp3) is 0.333. The van der Waals surface area contributed by atoms with E-state index in [0.717, 1.165) is 20.3 Å². The van der Waals surface area contributed by atoms with Crippen molar-refractivity contribution >= 4 is 44.6 Å². The van der Waals surface area contributed by atoms with Gasteiger partial charge in [0.1, 0.15) is 6.54 Å². The van der Waals surface area contributed by atoms with Gasteiger partial charge in [-0.2, -0.15) is 5.10 Å². The van der Waals surface area contributed by atoms with Gasteiger partial charge in [0.25, 0.3) is 0 Å². The van der Waals surface area contributed by atoms with Gasteiger partial charge in [0.2, 0.25) is 0 Å². The summed E-state index contributed by atoms with van der Waals surface area (Å²) in [5.74, 6) is -0.269. The van der Waals surface area contributed by atoms with Crippen LogP contribution in [0.25, 0.3) is 10.9 Å². The van der Waals surface area contributed by atoms with Crippen molar-refractivity contribution in [3.05, 3.63) is 22.8 Å². The highest BCUT2D eigenvalue weighted by Gasteiger charge is 2.13. The van der Waals surface area contributed by atoms with Crippen LogP contribution >= 0.6 is 27.7 Å². The Morgan fingerprint density at radius 1 is 1.56 bits per heavy atom. The number of aromatic nitrogens is 2. The number of thioether (sulfide) groups is 1. The lowest BCUT2D eigenvalue weighted by Crippen LogP contribution is -2.14. The fourth-order valence-electron chi connectivity index (χ4n) is 1.75. The molecule has 0 aliphatic heterocycles. The number of benzene rings is 1. The lowest BCUT2D eigenvalue weighted by Gasteiger charge is -2.07. The molecule has 2 rings (SSSR count). The first-order valence-corrected chi connectivity index (χ1v) is 7.52. The second kappa shape index (κ2) is 5.75. The summed E-state index contributed by atoms with van der Waals surface area (Å²) in [7, 11) is 0. The highest BCUT2D eigenvalue weighted by molar-refractivity contribution is 9.10. The van der Waals surface area contributed by atoms with Crippen molar-refractivity contribution in [2.45, 2.75) is 18.4 Å². The van der Waals surface area contributed by atoms with Crippen molar-refractivity contribution in [3.63, 3.8) is 0 Å². The third kappa shape index (κ3) is 2.54. The maximum atomic E-state index is 11.5. The molecule has 0 aliphatic rings. The summed E-state index contributed by atoms with van der Waals surface area (Å²) in [6.07, 6.45) is 3.77. The molecule has 0 N–H and O–H groups in total. The summed E-state index contributed by atoms with van der Waals surface area (Å²) in [5, 5.41) is 5.27. The van der Waals surface area contributed by atoms with E-state index in [0.29, 0.717) is 6.61 Å². The number of halogens is 1. The summed E-state index contributed by atoms with van der Waals surface area (Å²) in [5.41, 5.74) is 0.963. The quantitative estimate of drug-likeness (QED) is 0.639. The van der Waals surface area contributed by atoms with Crippen molar-refractivity contribution < 1.29 is 9.53 Å². The lowest BCUT2D eigenvalue weighted by atomic mass is 10.2. The fourth-order valence-corrected chi connectivity index (χ4v) is 2.79. The molecule has 0 aliphatic carbocycles. The van der Waals surface area contributed by atoms with Crippen molar-refractivity contribution in [1.29, 1.82) is 0 Å². The molecule has 2 aromatic rings. The monoisotopic (exact) mass is 328 g/mol. The van der Waals surface area contributed by atoms with Crippen molar-refractivity contribution in [2.75, 3.05) is 12.9 Å². The van der Waals surface area contributed by atoms with Gasteiger partial charge in [-0.05, 0) is 25.3 Å². The molecule has 0 radical (unpaired) electrons. The van der Waals surface area contributed by atoms with Gasteiger partial charge in [0.05, 0.1) is 18.3 Å². The zero-order valence-corrected chi connectivity index (χ0v) is 12.5. The third-order valence-electron chi connectivity index (χ3n) is 2.52. The molecule has 0 unspecified atom stereocenters. The smallest absolute Gasteiger partial charge is 0.327 e. The second-order valence-electron chi connectivity index (χ2n) is 3.62. The number of ether oxygens (including phenoxy) is 1. The highest BCUT2D eigenvalue weighted by Crippen LogP contribution is 2.31. The van der Waals surface area contributed by atoms with Crippen LogP contribution in [0.1, 0.15) is 6.92 Å². The van der Waals surface area contributed by atoms with Crippen LogP contribution in [0.3, 0.4) is 0 Å². The van der Waals surface area contributed by atoms with Gasteiger partial charge >= 0.3 is 5.97 Å². The highest BCUT2D eigenvalue weighted by atomic mass is 79.9. The molecule has 4 nitrogen and oxygen atoms in total. The average molecular weight is 329 g/mol. The molecule has 18 heavy (non-hydrogen) atoms. The Hall–Kier alpha value is -1.01. The maximum absolute atomic E-state index is 11.5. The standard InChI is InChI=1S/C12H13BrN2O2S/c1-3-17-11(16)7-15-12-8(6-14-15)9(13)4-5-10(12)18-2/h4-6H,3,7H2,1-2H3. The van der Waals surface area contributed by atoms with Gasteiger partial charge in [-0.15, -0.1) is 11.8 Å². The van der Waals surface area contributed by atoms with E-state index in [1.54, 1.807) is 29.6 Å². The molecule has 0 spiro atoms. The number of hydrogen-bond acceptors (Lipinski definition) is 4. The minimum absolute atomic E-state index is 0.140. The predicted molar refractivity (Wildman–Crippen MR) is 75.8 cm³/mol. The SMILES string of the molecule is CCOC(=O)Cn1ncc2c(Br)ccc(SC)c21. The van der Waals surface area contributed by atoms with Gasteiger partial charge in [-0.1, -0.05) is 15.9 Å². The molecular formula is C12H13BrN2O2S. The van der Waals surface area contributed by atoms with Crippen LogP contribution in [-0.2, 0) is 16.1 Å². The summed E-state index contributed by atoms with van der Waals surface area (Å²) >= 11 is 5.12. The first-order valence-electron chi connectivity index (χ1n) is 5.51. The maximum Gasteiger partial charge on any atom is 0.327 e. The minimum Gasteiger partial charge on any atom is -0.465 e. The molecule has 6 heteroatoms. The zero-order chi connectivity index (χ0) is 13.1. The summed E-state index contributed by atoms with van der Waals surface area (Å²) in [6, 6.07) is 4.00. The van der Waals surface area contributed by atoms with Gasteiger partial charge in [-0.3, -0.25) is 9.48 Å². The van der Waals surface area contributed by atoms with Crippen LogP contribution in [0.5, 0.6) is 0 Å². The number of carbonyl (C=O) groups excluding carboxylic acids is 1. The Balaban J connectivity index is 2.45. The topological polar surface area (TPSA) is 44.1 Å². The van der Waals surface area contributed by atoms with E-state index in [1.807, 2.05) is 18.4 Å². The number of esters is 1. The summed E-state index contributed by atoms with van der Waals surface area (Å²) in [4.78, 5) is 12.6. The average Bonchev–Trinajstić information content (AvgIpc) is 2.75. The van der Waals surface area contributed by atoms with Crippen molar-refractivity contribution in [1.82, 2.24) is 9.78 Å². The van der Waals surface area contributed by atoms with Gasteiger partial charge in [0.15, 0.2) is 0 Å². The normalized spacial score (nSPS) is 10.8. The van der Waals surface area contributed by atoms with E-state index in [2.05, 4.69) is 21.0 Å². The van der Waals surface area contributed by atoms with E-state index >= 15 is 0 Å². The number of hydrogen-bond donors (Lipinski definition) is 0. The van der Waals surface area contributed by atoms with Gasteiger partial charge in [0, 0.05) is 14.8 Å². The third-order valence-corrected chi connectivity index (χ3v) is 3.98.